The predicted molar refractivity (Wildman–Crippen MR) is 131 cm³/mol. The van der Waals surface area contributed by atoms with E-state index < -0.39 is 0 Å². The number of unbranched alkanes of at least 4 members (excludes halogenated alkanes) is 1. The first kappa shape index (κ1) is 23.6. The van der Waals surface area contributed by atoms with Crippen molar-refractivity contribution in [3.63, 3.8) is 0 Å². The fourth-order valence-electron chi connectivity index (χ4n) is 4.44. The van der Waals surface area contributed by atoms with Gasteiger partial charge in [0.05, 0.1) is 4.91 Å². The third-order valence-electron chi connectivity index (χ3n) is 6.22. The maximum absolute atomic E-state index is 13.3. The normalized spacial score (nSPS) is 18.7. The third-order valence-corrected chi connectivity index (χ3v) is 7.55. The van der Waals surface area contributed by atoms with Crippen molar-refractivity contribution in [1.29, 1.82) is 5.26 Å². The molecule has 1 aliphatic heterocycles. The Hall–Kier alpha value is -2.11. The lowest BCUT2D eigenvalue weighted by Crippen LogP contribution is -2.39. The molecule has 1 aromatic heterocycles. The largest absolute Gasteiger partial charge is 0.360 e. The van der Waals surface area contributed by atoms with Crippen molar-refractivity contribution in [3.8, 4) is 6.07 Å². The van der Waals surface area contributed by atoms with Gasteiger partial charge in [0.1, 0.15) is 21.8 Å². The second-order valence-corrected chi connectivity index (χ2v) is 10.0. The monoisotopic (exact) mass is 458 g/mol. The summed E-state index contributed by atoms with van der Waals surface area (Å²) in [5, 5.41) is 9.59. The van der Waals surface area contributed by atoms with Gasteiger partial charge in [-0.15, -0.1) is 0 Å². The molecule has 0 unspecified atom stereocenters. The highest BCUT2D eigenvalue weighted by molar-refractivity contribution is 8.26. The van der Waals surface area contributed by atoms with Crippen molar-refractivity contribution >= 4 is 46.1 Å². The quantitative estimate of drug-likeness (QED) is 0.467. The van der Waals surface area contributed by atoms with E-state index in [-0.39, 0.29) is 23.1 Å². The molecule has 0 bridgehead atoms. The van der Waals surface area contributed by atoms with Crippen LogP contribution < -0.4 is 10.5 Å². The first-order chi connectivity index (χ1) is 14.8. The van der Waals surface area contributed by atoms with Crippen molar-refractivity contribution in [3.05, 3.63) is 31.9 Å². The van der Waals surface area contributed by atoms with Gasteiger partial charge in [-0.2, -0.15) is 5.26 Å². The number of aromatic nitrogens is 1. The molecule has 1 aromatic rings. The number of carbonyl (C=O) groups excluding carboxylic acids is 1. The molecule has 31 heavy (non-hydrogen) atoms. The zero-order valence-electron chi connectivity index (χ0n) is 18.7. The molecule has 2 heterocycles. The van der Waals surface area contributed by atoms with E-state index in [2.05, 4.69) is 13.0 Å². The predicted octanol–water partition coefficient (Wildman–Crippen LogP) is 4.34. The summed E-state index contributed by atoms with van der Waals surface area (Å²) in [4.78, 5) is 30.5. The number of nitriles is 1. The minimum absolute atomic E-state index is 0.0594. The van der Waals surface area contributed by atoms with Crippen LogP contribution in [0.2, 0.25) is 0 Å². The van der Waals surface area contributed by atoms with Crippen LogP contribution in [0.25, 0.3) is 6.08 Å². The van der Waals surface area contributed by atoms with Crippen molar-refractivity contribution in [2.45, 2.75) is 64.8 Å². The molecule has 0 N–H and O–H groups in total. The number of pyridine rings is 1. The van der Waals surface area contributed by atoms with E-state index >= 15 is 0 Å². The van der Waals surface area contributed by atoms with Crippen LogP contribution in [0.4, 0.5) is 5.82 Å². The number of thiocarbonyl (C=S) groups is 1. The molecule has 0 spiro atoms. The summed E-state index contributed by atoms with van der Waals surface area (Å²) in [6.45, 7) is 4.68. The van der Waals surface area contributed by atoms with Crippen LogP contribution in [0, 0.1) is 18.3 Å². The van der Waals surface area contributed by atoms with Gasteiger partial charge in [-0.25, -0.2) is 0 Å². The average molecular weight is 459 g/mol. The van der Waals surface area contributed by atoms with Gasteiger partial charge in [-0.1, -0.05) is 56.6 Å². The number of nitrogens with zero attached hydrogens (tertiary/aromatic N) is 4. The summed E-state index contributed by atoms with van der Waals surface area (Å²) in [6.07, 6.45) is 9.27. The van der Waals surface area contributed by atoms with Gasteiger partial charge < -0.3 is 4.90 Å². The van der Waals surface area contributed by atoms with E-state index in [1.54, 1.807) is 18.9 Å². The third kappa shape index (κ3) is 4.58. The fourth-order valence-corrected chi connectivity index (χ4v) is 5.82. The number of amides is 1. The lowest BCUT2D eigenvalue weighted by molar-refractivity contribution is -0.124. The molecule has 0 aromatic carbocycles. The Kier molecular flexibility index (Phi) is 7.60. The van der Waals surface area contributed by atoms with Crippen LogP contribution in [0.1, 0.15) is 68.6 Å². The minimum atomic E-state index is -0.315. The smallest absolute Gasteiger partial charge is 0.270 e. The molecule has 0 radical (unpaired) electrons. The van der Waals surface area contributed by atoms with Crippen molar-refractivity contribution < 1.29 is 4.79 Å². The second kappa shape index (κ2) is 10.0. The highest BCUT2D eigenvalue weighted by Gasteiger charge is 2.38. The summed E-state index contributed by atoms with van der Waals surface area (Å²) in [7, 11) is 3.63. The Bertz CT molecular complexity index is 1020. The summed E-state index contributed by atoms with van der Waals surface area (Å²) in [6, 6.07) is 2.23. The summed E-state index contributed by atoms with van der Waals surface area (Å²) in [5.41, 5.74) is 1.14. The number of anilines is 1. The zero-order valence-corrected chi connectivity index (χ0v) is 20.4. The number of thioether (sulfide) groups is 1. The van der Waals surface area contributed by atoms with Gasteiger partial charge in [-0.05, 0) is 37.8 Å². The van der Waals surface area contributed by atoms with Crippen LogP contribution in [0.5, 0.6) is 0 Å². The molecule has 8 heteroatoms. The first-order valence-electron chi connectivity index (χ1n) is 10.9. The molecular weight excluding hydrogens is 428 g/mol. The molecule has 1 saturated carbocycles. The standard InChI is InChI=1S/C23H30N4O2S2/c1-5-6-12-25(3)20-17(15(2)18(14-24)21(28)26(20)4)13-19-22(29)27(23(30)31-19)16-10-8-7-9-11-16/h13,16H,5-12H2,1-4H3/b19-13-. The van der Waals surface area contributed by atoms with Crippen LogP contribution in [-0.4, -0.2) is 39.3 Å². The molecule has 1 saturated heterocycles. The van der Waals surface area contributed by atoms with E-state index in [4.69, 9.17) is 12.2 Å². The summed E-state index contributed by atoms with van der Waals surface area (Å²) in [5.74, 6) is 0.661. The van der Waals surface area contributed by atoms with Crippen LogP contribution >= 0.6 is 24.0 Å². The summed E-state index contributed by atoms with van der Waals surface area (Å²) < 4.78 is 2.13. The van der Waals surface area contributed by atoms with E-state index in [1.807, 2.05) is 18.0 Å². The molecule has 1 aliphatic carbocycles. The van der Waals surface area contributed by atoms with Crippen molar-refractivity contribution in [1.82, 2.24) is 9.47 Å². The Morgan fingerprint density at radius 1 is 1.29 bits per heavy atom. The molecule has 2 fully saturated rings. The van der Waals surface area contributed by atoms with Crippen molar-refractivity contribution in [2.75, 3.05) is 18.5 Å². The van der Waals surface area contributed by atoms with E-state index in [9.17, 15) is 14.9 Å². The van der Waals surface area contributed by atoms with Crippen LogP contribution in [-0.2, 0) is 11.8 Å². The number of hydrogen-bond donors (Lipinski definition) is 0. The Balaban J connectivity index is 2.09. The van der Waals surface area contributed by atoms with Gasteiger partial charge in [0, 0.05) is 32.2 Å². The Labute approximate surface area is 193 Å². The molecule has 166 valence electrons. The molecule has 0 atom stereocenters. The average Bonchev–Trinajstić information content (AvgIpc) is 3.04. The maximum atomic E-state index is 13.3. The van der Waals surface area contributed by atoms with Crippen molar-refractivity contribution in [2.24, 2.45) is 7.05 Å². The van der Waals surface area contributed by atoms with E-state index in [1.165, 1.54) is 22.7 Å². The minimum Gasteiger partial charge on any atom is -0.360 e. The van der Waals surface area contributed by atoms with Crippen LogP contribution in [0.3, 0.4) is 0 Å². The van der Waals surface area contributed by atoms with Gasteiger partial charge in [0.25, 0.3) is 11.5 Å². The van der Waals surface area contributed by atoms with Gasteiger partial charge in [0.15, 0.2) is 0 Å². The lowest BCUT2D eigenvalue weighted by atomic mass is 9.94. The highest BCUT2D eigenvalue weighted by atomic mass is 32.2. The number of carbonyl (C=O) groups is 1. The zero-order chi connectivity index (χ0) is 22.7. The molecule has 3 rings (SSSR count). The number of rotatable bonds is 6. The maximum Gasteiger partial charge on any atom is 0.270 e. The molecule has 2 aliphatic rings. The highest BCUT2D eigenvalue weighted by Crippen LogP contribution is 2.38. The Morgan fingerprint density at radius 2 is 1.97 bits per heavy atom. The Morgan fingerprint density at radius 3 is 2.58 bits per heavy atom. The topological polar surface area (TPSA) is 69.3 Å². The second-order valence-electron chi connectivity index (χ2n) is 8.33. The fraction of sp³-hybridized carbons (Fsp3) is 0.565. The SMILES string of the molecule is CCCCN(C)c1c(/C=C2\SC(=S)N(C3CCCCC3)C2=O)c(C)c(C#N)c(=O)n1C. The van der Waals surface area contributed by atoms with E-state index in [0.717, 1.165) is 56.5 Å². The number of hydrogen-bond acceptors (Lipinski definition) is 6. The van der Waals surface area contributed by atoms with Crippen LogP contribution in [0.15, 0.2) is 9.70 Å². The van der Waals surface area contributed by atoms with E-state index in [0.29, 0.717) is 14.8 Å². The molecule has 6 nitrogen and oxygen atoms in total. The lowest BCUT2D eigenvalue weighted by Gasteiger charge is -2.29. The first-order valence-corrected chi connectivity index (χ1v) is 12.2. The van der Waals surface area contributed by atoms with Gasteiger partial charge in [-0.3, -0.25) is 19.1 Å². The summed E-state index contributed by atoms with van der Waals surface area (Å²) >= 11 is 6.89. The molecular formula is C23H30N4O2S2. The molecule has 1 amide bonds. The van der Waals surface area contributed by atoms with Gasteiger partial charge >= 0.3 is 0 Å². The van der Waals surface area contributed by atoms with Gasteiger partial charge in [0.2, 0.25) is 0 Å².